The number of aromatic nitrogens is 1. The molecule has 2 aromatic rings. The first-order valence-electron chi connectivity index (χ1n) is 8.37. The van der Waals surface area contributed by atoms with Crippen LogP contribution < -0.4 is 10.2 Å². The maximum atomic E-state index is 12.3. The molecule has 0 saturated heterocycles. The van der Waals surface area contributed by atoms with Crippen molar-refractivity contribution in [2.75, 3.05) is 31.7 Å². The van der Waals surface area contributed by atoms with Gasteiger partial charge in [0.25, 0.3) is 5.91 Å². The predicted molar refractivity (Wildman–Crippen MR) is 94.8 cm³/mol. The number of nitrogens with one attached hydrogen (secondary N) is 1. The molecule has 1 aromatic carbocycles. The number of carbonyl (C=O) groups excluding carboxylic acids is 1. The molecule has 0 atom stereocenters. The number of benzene rings is 1. The van der Waals surface area contributed by atoms with Gasteiger partial charge in [-0.25, -0.2) is 0 Å². The van der Waals surface area contributed by atoms with Gasteiger partial charge in [0.05, 0.1) is 17.4 Å². The van der Waals surface area contributed by atoms with Crippen molar-refractivity contribution in [1.82, 2.24) is 10.3 Å². The number of amides is 1. The zero-order valence-electron chi connectivity index (χ0n) is 14.0. The smallest absolute Gasteiger partial charge is 0.252 e. The van der Waals surface area contributed by atoms with E-state index in [2.05, 4.69) is 39.5 Å². The van der Waals surface area contributed by atoms with E-state index in [1.807, 2.05) is 12.3 Å². The van der Waals surface area contributed by atoms with Crippen molar-refractivity contribution in [3.8, 4) is 0 Å². The molecule has 5 heteroatoms. The molecule has 5 nitrogen and oxygen atoms in total. The Balaban J connectivity index is 1.75. The van der Waals surface area contributed by atoms with E-state index in [4.69, 9.17) is 4.74 Å². The molecule has 0 aliphatic carbocycles. The van der Waals surface area contributed by atoms with E-state index in [0.29, 0.717) is 18.7 Å². The number of rotatable bonds is 6. The maximum absolute atomic E-state index is 12.3. The number of hydrogen-bond acceptors (Lipinski definition) is 4. The van der Waals surface area contributed by atoms with Crippen LogP contribution in [0.2, 0.25) is 0 Å². The second kappa shape index (κ2) is 7.93. The van der Waals surface area contributed by atoms with Crippen LogP contribution in [0, 0.1) is 0 Å². The summed E-state index contributed by atoms with van der Waals surface area (Å²) < 4.78 is 4.99. The van der Waals surface area contributed by atoms with Crippen molar-refractivity contribution in [1.29, 1.82) is 0 Å². The summed E-state index contributed by atoms with van der Waals surface area (Å²) in [6.07, 6.45) is 6.44. The van der Waals surface area contributed by atoms with Crippen molar-refractivity contribution in [3.05, 3.63) is 53.9 Å². The molecule has 0 saturated carbocycles. The highest BCUT2D eigenvalue weighted by molar-refractivity contribution is 5.95. The van der Waals surface area contributed by atoms with Crippen LogP contribution in [-0.4, -0.2) is 37.7 Å². The molecule has 0 fully saturated rings. The Bertz CT molecular complexity index is 703. The first-order chi connectivity index (χ1) is 11.8. The van der Waals surface area contributed by atoms with E-state index in [9.17, 15) is 4.79 Å². The van der Waals surface area contributed by atoms with Crippen LogP contribution in [0.3, 0.4) is 0 Å². The average Bonchev–Trinajstić information content (AvgIpc) is 2.64. The first-order valence-corrected chi connectivity index (χ1v) is 8.37. The number of para-hydroxylation sites is 1. The molecule has 1 aliphatic heterocycles. The van der Waals surface area contributed by atoms with Gasteiger partial charge in [0, 0.05) is 38.7 Å². The number of pyridine rings is 1. The molecular formula is C19H23N3O2. The lowest BCUT2D eigenvalue weighted by Gasteiger charge is -2.31. The fourth-order valence-corrected chi connectivity index (χ4v) is 3.02. The molecule has 1 aromatic heterocycles. The van der Waals surface area contributed by atoms with Gasteiger partial charge in [-0.2, -0.15) is 0 Å². The van der Waals surface area contributed by atoms with E-state index in [-0.39, 0.29) is 5.91 Å². The Hall–Kier alpha value is -2.40. The summed E-state index contributed by atoms with van der Waals surface area (Å²) in [5, 5.41) is 2.91. The number of carbonyl (C=O) groups is 1. The molecule has 0 spiro atoms. The van der Waals surface area contributed by atoms with E-state index in [1.165, 1.54) is 11.3 Å². The summed E-state index contributed by atoms with van der Waals surface area (Å²) in [5.41, 5.74) is 4.11. The molecule has 0 bridgehead atoms. The van der Waals surface area contributed by atoms with Gasteiger partial charge < -0.3 is 15.0 Å². The molecule has 1 N–H and O–H groups in total. The number of methoxy groups -OCH3 is 1. The van der Waals surface area contributed by atoms with Crippen LogP contribution in [0.15, 0.2) is 42.7 Å². The second-order valence-corrected chi connectivity index (χ2v) is 5.92. The lowest BCUT2D eigenvalue weighted by Crippen LogP contribution is -2.27. The van der Waals surface area contributed by atoms with Gasteiger partial charge in [0.1, 0.15) is 0 Å². The summed E-state index contributed by atoms with van der Waals surface area (Å²) in [6, 6.07) is 10.3. The Morgan fingerprint density at radius 3 is 3.08 bits per heavy atom. The van der Waals surface area contributed by atoms with Crippen molar-refractivity contribution >= 4 is 17.3 Å². The average molecular weight is 325 g/mol. The summed E-state index contributed by atoms with van der Waals surface area (Å²) in [7, 11) is 1.66. The maximum Gasteiger partial charge on any atom is 0.252 e. The number of nitrogens with zero attached hydrogens (tertiary/aromatic N) is 2. The molecule has 1 aliphatic rings. The zero-order valence-corrected chi connectivity index (χ0v) is 14.0. The number of hydrogen-bond donors (Lipinski definition) is 1. The fourth-order valence-electron chi connectivity index (χ4n) is 3.02. The predicted octanol–water partition coefficient (Wildman–Crippen LogP) is 2.93. The van der Waals surface area contributed by atoms with Crippen LogP contribution in [0.1, 0.15) is 28.8 Å². The van der Waals surface area contributed by atoms with E-state index in [1.54, 1.807) is 13.3 Å². The summed E-state index contributed by atoms with van der Waals surface area (Å²) in [6.45, 7) is 2.18. The molecule has 3 rings (SSSR count). The van der Waals surface area contributed by atoms with Crippen LogP contribution in [0.4, 0.5) is 11.4 Å². The lowest BCUT2D eigenvalue weighted by molar-refractivity contribution is 0.0948. The fraction of sp³-hybridized carbons (Fsp3) is 0.368. The van der Waals surface area contributed by atoms with E-state index >= 15 is 0 Å². The van der Waals surface area contributed by atoms with Gasteiger partial charge in [-0.3, -0.25) is 9.78 Å². The summed E-state index contributed by atoms with van der Waals surface area (Å²) >= 11 is 0. The van der Waals surface area contributed by atoms with Gasteiger partial charge in [-0.15, -0.1) is 0 Å². The molecule has 24 heavy (non-hydrogen) atoms. The van der Waals surface area contributed by atoms with Gasteiger partial charge in [-0.05, 0) is 37.0 Å². The standard InChI is InChI=1S/C19H23N3O2/c1-24-11-5-9-21-19(23)16-12-17(14-20-13-16)22-10-4-7-15-6-2-3-8-18(15)22/h2-3,6,8,12-14H,4-5,7,9-11H2,1H3,(H,21,23). The van der Waals surface area contributed by atoms with Crippen molar-refractivity contribution in [2.24, 2.45) is 0 Å². The molecule has 2 heterocycles. The normalized spacial score (nSPS) is 13.5. The largest absolute Gasteiger partial charge is 0.385 e. The Kier molecular flexibility index (Phi) is 5.43. The topological polar surface area (TPSA) is 54.5 Å². The van der Waals surface area contributed by atoms with Crippen LogP contribution in [-0.2, 0) is 11.2 Å². The minimum Gasteiger partial charge on any atom is -0.385 e. The number of anilines is 2. The van der Waals surface area contributed by atoms with Crippen LogP contribution in [0.25, 0.3) is 0 Å². The van der Waals surface area contributed by atoms with Gasteiger partial charge >= 0.3 is 0 Å². The molecule has 126 valence electrons. The minimum atomic E-state index is -0.0919. The van der Waals surface area contributed by atoms with E-state index in [0.717, 1.165) is 31.5 Å². The lowest BCUT2D eigenvalue weighted by atomic mass is 10.0. The quantitative estimate of drug-likeness (QED) is 0.830. The number of aryl methyl sites for hydroxylation is 1. The first kappa shape index (κ1) is 16.5. The van der Waals surface area contributed by atoms with Crippen molar-refractivity contribution in [3.63, 3.8) is 0 Å². The highest BCUT2D eigenvalue weighted by atomic mass is 16.5. The Morgan fingerprint density at radius 1 is 1.33 bits per heavy atom. The van der Waals surface area contributed by atoms with Gasteiger partial charge in [0.2, 0.25) is 0 Å². The third-order valence-corrected chi connectivity index (χ3v) is 4.22. The van der Waals surface area contributed by atoms with Gasteiger partial charge in [0.15, 0.2) is 0 Å². The summed E-state index contributed by atoms with van der Waals surface area (Å²) in [4.78, 5) is 18.8. The third-order valence-electron chi connectivity index (χ3n) is 4.22. The highest BCUT2D eigenvalue weighted by Gasteiger charge is 2.19. The van der Waals surface area contributed by atoms with Crippen molar-refractivity contribution in [2.45, 2.75) is 19.3 Å². The Morgan fingerprint density at radius 2 is 2.21 bits per heavy atom. The molecular weight excluding hydrogens is 302 g/mol. The molecule has 0 radical (unpaired) electrons. The minimum absolute atomic E-state index is 0.0919. The monoisotopic (exact) mass is 325 g/mol. The van der Waals surface area contributed by atoms with E-state index < -0.39 is 0 Å². The molecule has 1 amide bonds. The Labute approximate surface area is 142 Å². The van der Waals surface area contributed by atoms with Crippen LogP contribution in [0.5, 0.6) is 0 Å². The second-order valence-electron chi connectivity index (χ2n) is 5.92. The van der Waals surface area contributed by atoms with Crippen molar-refractivity contribution < 1.29 is 9.53 Å². The number of fused-ring (bicyclic) bond motifs is 1. The summed E-state index contributed by atoms with van der Waals surface area (Å²) in [5.74, 6) is -0.0919. The highest BCUT2D eigenvalue weighted by Crippen LogP contribution is 2.33. The van der Waals surface area contributed by atoms with Crippen LogP contribution >= 0.6 is 0 Å². The zero-order chi connectivity index (χ0) is 16.8. The van der Waals surface area contributed by atoms with Gasteiger partial charge in [-0.1, -0.05) is 18.2 Å². The number of ether oxygens (including phenoxy) is 1. The third kappa shape index (κ3) is 3.74. The molecule has 0 unspecified atom stereocenters. The SMILES string of the molecule is COCCCNC(=O)c1cncc(N2CCCc3ccccc32)c1.